The maximum absolute atomic E-state index is 10.8. The number of aromatic nitrogens is 1. The molecule has 0 aliphatic rings. The maximum Gasteiger partial charge on any atom is 0.137 e. The van der Waals surface area contributed by atoms with Gasteiger partial charge < -0.3 is 4.42 Å². The Morgan fingerprint density at radius 1 is 1.62 bits per heavy atom. The van der Waals surface area contributed by atoms with Gasteiger partial charge in [0.1, 0.15) is 17.1 Å². The van der Waals surface area contributed by atoms with Crippen molar-refractivity contribution in [2.45, 2.75) is 13.3 Å². The van der Waals surface area contributed by atoms with Crippen LogP contribution in [-0.2, 0) is 11.2 Å². The molecule has 0 aromatic carbocycles. The Bertz CT molecular complexity index is 412. The summed E-state index contributed by atoms with van der Waals surface area (Å²) in [4.78, 5) is 14.8. The first-order valence-corrected chi connectivity index (χ1v) is 4.07. The summed E-state index contributed by atoms with van der Waals surface area (Å²) in [6.07, 6.45) is 3.75. The highest BCUT2D eigenvalue weighted by atomic mass is 16.3. The van der Waals surface area contributed by atoms with E-state index in [4.69, 9.17) is 4.42 Å². The molecule has 13 heavy (non-hydrogen) atoms. The molecule has 2 rings (SSSR count). The number of furan rings is 1. The summed E-state index contributed by atoms with van der Waals surface area (Å²) in [5.41, 5.74) is 0.784. The molecule has 2 heterocycles. The molecule has 0 amide bonds. The van der Waals surface area contributed by atoms with Gasteiger partial charge in [0.2, 0.25) is 0 Å². The first kappa shape index (κ1) is 7.98. The quantitative estimate of drug-likeness (QED) is 0.700. The number of hydrogen-bond donors (Lipinski definition) is 0. The van der Waals surface area contributed by atoms with Crippen LogP contribution < -0.4 is 0 Å². The van der Waals surface area contributed by atoms with Crippen molar-refractivity contribution in [3.8, 4) is 0 Å². The maximum atomic E-state index is 10.8. The number of Topliss-reactive ketones (excluding diaryl/α,β-unsaturated/α-hetero) is 1. The molecule has 66 valence electrons. The fourth-order valence-corrected chi connectivity index (χ4v) is 1.27. The number of carbonyl (C=O) groups is 1. The van der Waals surface area contributed by atoms with E-state index in [0.717, 1.165) is 11.0 Å². The monoisotopic (exact) mass is 175 g/mol. The Labute approximate surface area is 75.4 Å². The minimum absolute atomic E-state index is 0.104. The number of hydrogen-bond acceptors (Lipinski definition) is 3. The Morgan fingerprint density at radius 3 is 3.15 bits per heavy atom. The highest BCUT2D eigenvalue weighted by Crippen LogP contribution is 2.17. The van der Waals surface area contributed by atoms with Crippen LogP contribution >= 0.6 is 0 Å². The zero-order chi connectivity index (χ0) is 9.26. The third-order valence-electron chi connectivity index (χ3n) is 1.79. The molecule has 0 aliphatic carbocycles. The molecule has 0 fully saturated rings. The standard InChI is InChI=1S/C10H9NO2/c1-7(12)4-9-5-8-6-11-3-2-10(8)13-9/h2-3,5-6H,4H2,1H3. The van der Waals surface area contributed by atoms with E-state index >= 15 is 0 Å². The third-order valence-corrected chi connectivity index (χ3v) is 1.79. The van der Waals surface area contributed by atoms with Crippen molar-refractivity contribution in [3.05, 3.63) is 30.3 Å². The van der Waals surface area contributed by atoms with Crippen LogP contribution in [0.2, 0.25) is 0 Å². The number of nitrogens with zero attached hydrogens (tertiary/aromatic N) is 1. The minimum atomic E-state index is 0.104. The van der Waals surface area contributed by atoms with Crippen molar-refractivity contribution in [1.29, 1.82) is 0 Å². The average Bonchev–Trinajstić information content (AvgIpc) is 2.44. The Morgan fingerprint density at radius 2 is 2.46 bits per heavy atom. The van der Waals surface area contributed by atoms with E-state index in [0.29, 0.717) is 12.2 Å². The summed E-state index contributed by atoms with van der Waals surface area (Å²) >= 11 is 0. The second-order valence-electron chi connectivity index (χ2n) is 3.01. The van der Waals surface area contributed by atoms with E-state index in [1.54, 1.807) is 25.4 Å². The predicted octanol–water partition coefficient (Wildman–Crippen LogP) is 1.96. The molecular weight excluding hydrogens is 166 g/mol. The van der Waals surface area contributed by atoms with Gasteiger partial charge in [-0.25, -0.2) is 0 Å². The summed E-state index contributed by atoms with van der Waals surface area (Å²) in [6, 6.07) is 3.64. The summed E-state index contributed by atoms with van der Waals surface area (Å²) in [7, 11) is 0. The van der Waals surface area contributed by atoms with Crippen molar-refractivity contribution < 1.29 is 9.21 Å². The lowest BCUT2D eigenvalue weighted by atomic mass is 10.2. The van der Waals surface area contributed by atoms with Gasteiger partial charge in [-0.3, -0.25) is 9.78 Å². The molecule has 0 radical (unpaired) electrons. The molecule has 3 nitrogen and oxygen atoms in total. The first-order chi connectivity index (χ1) is 6.25. The summed E-state index contributed by atoms with van der Waals surface area (Å²) in [6.45, 7) is 1.55. The Balaban J connectivity index is 2.44. The van der Waals surface area contributed by atoms with Crippen molar-refractivity contribution in [1.82, 2.24) is 4.98 Å². The number of fused-ring (bicyclic) bond motifs is 1. The molecule has 0 bridgehead atoms. The van der Waals surface area contributed by atoms with Gasteiger partial charge in [-0.2, -0.15) is 0 Å². The summed E-state index contributed by atoms with van der Waals surface area (Å²) in [5, 5.41) is 0.943. The van der Waals surface area contributed by atoms with Gasteiger partial charge in [0.25, 0.3) is 0 Å². The highest BCUT2D eigenvalue weighted by molar-refractivity contribution is 5.81. The Hall–Kier alpha value is -1.64. The molecule has 0 aliphatic heterocycles. The van der Waals surface area contributed by atoms with E-state index < -0.39 is 0 Å². The van der Waals surface area contributed by atoms with Crippen LogP contribution in [0, 0.1) is 0 Å². The topological polar surface area (TPSA) is 43.1 Å². The van der Waals surface area contributed by atoms with Gasteiger partial charge >= 0.3 is 0 Å². The Kier molecular flexibility index (Phi) is 1.85. The van der Waals surface area contributed by atoms with Gasteiger partial charge in [-0.1, -0.05) is 0 Å². The smallest absolute Gasteiger partial charge is 0.137 e. The molecule has 3 heteroatoms. The van der Waals surface area contributed by atoms with Crippen LogP contribution in [0.5, 0.6) is 0 Å². The molecule has 0 saturated carbocycles. The van der Waals surface area contributed by atoms with E-state index in [1.165, 1.54) is 0 Å². The van der Waals surface area contributed by atoms with Crippen LogP contribution in [0.3, 0.4) is 0 Å². The van der Waals surface area contributed by atoms with Crippen molar-refractivity contribution in [3.63, 3.8) is 0 Å². The number of carbonyl (C=O) groups excluding carboxylic acids is 1. The van der Waals surface area contributed by atoms with Crippen molar-refractivity contribution in [2.24, 2.45) is 0 Å². The number of rotatable bonds is 2. The fraction of sp³-hybridized carbons (Fsp3) is 0.200. The molecule has 0 spiro atoms. The van der Waals surface area contributed by atoms with Crippen LogP contribution in [0.1, 0.15) is 12.7 Å². The van der Waals surface area contributed by atoms with Gasteiger partial charge in [0.05, 0.1) is 6.42 Å². The van der Waals surface area contributed by atoms with Crippen molar-refractivity contribution >= 4 is 16.8 Å². The van der Waals surface area contributed by atoms with E-state index in [-0.39, 0.29) is 5.78 Å². The third kappa shape index (κ3) is 1.59. The van der Waals surface area contributed by atoms with Crippen LogP contribution in [-0.4, -0.2) is 10.8 Å². The predicted molar refractivity (Wildman–Crippen MR) is 48.4 cm³/mol. The molecule has 0 N–H and O–H groups in total. The lowest BCUT2D eigenvalue weighted by Gasteiger charge is -1.87. The van der Waals surface area contributed by atoms with Gasteiger partial charge in [-0.15, -0.1) is 0 Å². The molecule has 0 unspecified atom stereocenters. The van der Waals surface area contributed by atoms with Gasteiger partial charge in [0, 0.05) is 17.8 Å². The normalized spacial score (nSPS) is 10.5. The van der Waals surface area contributed by atoms with E-state index in [2.05, 4.69) is 4.98 Å². The van der Waals surface area contributed by atoms with Gasteiger partial charge in [-0.05, 0) is 19.1 Å². The molecule has 0 atom stereocenters. The second-order valence-corrected chi connectivity index (χ2v) is 3.01. The summed E-state index contributed by atoms with van der Waals surface area (Å²) < 4.78 is 5.42. The lowest BCUT2D eigenvalue weighted by molar-refractivity contribution is -0.116. The van der Waals surface area contributed by atoms with Crippen molar-refractivity contribution in [2.75, 3.05) is 0 Å². The average molecular weight is 175 g/mol. The zero-order valence-corrected chi connectivity index (χ0v) is 7.28. The highest BCUT2D eigenvalue weighted by Gasteiger charge is 2.04. The number of ketones is 1. The largest absolute Gasteiger partial charge is 0.460 e. The second kappa shape index (κ2) is 3.01. The molecule has 2 aromatic heterocycles. The molecule has 0 saturated heterocycles. The first-order valence-electron chi connectivity index (χ1n) is 4.07. The van der Waals surface area contributed by atoms with E-state index in [1.807, 2.05) is 6.07 Å². The molecular formula is C10H9NO2. The van der Waals surface area contributed by atoms with Crippen LogP contribution in [0.25, 0.3) is 11.0 Å². The number of pyridine rings is 1. The van der Waals surface area contributed by atoms with Crippen LogP contribution in [0.15, 0.2) is 28.9 Å². The van der Waals surface area contributed by atoms with Gasteiger partial charge in [0.15, 0.2) is 0 Å². The minimum Gasteiger partial charge on any atom is -0.460 e. The SMILES string of the molecule is CC(=O)Cc1cc2cnccc2o1. The molecule has 2 aromatic rings. The zero-order valence-electron chi connectivity index (χ0n) is 7.28. The lowest BCUT2D eigenvalue weighted by Crippen LogP contribution is -1.93. The van der Waals surface area contributed by atoms with E-state index in [9.17, 15) is 4.79 Å². The van der Waals surface area contributed by atoms with Crippen LogP contribution in [0.4, 0.5) is 0 Å². The fourth-order valence-electron chi connectivity index (χ4n) is 1.27. The summed E-state index contributed by atoms with van der Waals surface area (Å²) in [5.74, 6) is 0.808.